The Balaban J connectivity index is 2.00. The average Bonchev–Trinajstić information content (AvgIpc) is 2.46. The quantitative estimate of drug-likeness (QED) is 0.656. The van der Waals surface area contributed by atoms with Gasteiger partial charge >= 0.3 is 0 Å². The molecule has 20 heavy (non-hydrogen) atoms. The first-order valence-corrected chi connectivity index (χ1v) is 7.03. The van der Waals surface area contributed by atoms with Crippen LogP contribution in [0, 0.1) is 11.7 Å². The van der Waals surface area contributed by atoms with E-state index < -0.39 is 5.82 Å². The first kappa shape index (κ1) is 14.8. The molecule has 1 fully saturated rings. The van der Waals surface area contributed by atoms with Gasteiger partial charge in [0.05, 0.1) is 13.2 Å². The Morgan fingerprint density at radius 3 is 3.05 bits per heavy atom. The molecule has 1 aromatic rings. The van der Waals surface area contributed by atoms with Gasteiger partial charge in [0, 0.05) is 18.7 Å². The van der Waals surface area contributed by atoms with Gasteiger partial charge in [-0.15, -0.1) is 0 Å². The van der Waals surface area contributed by atoms with Gasteiger partial charge in [0.25, 0.3) is 0 Å². The van der Waals surface area contributed by atoms with Gasteiger partial charge in [0.15, 0.2) is 5.96 Å². The number of nitrogens with two attached hydrogens (primary N) is 1. The summed E-state index contributed by atoms with van der Waals surface area (Å²) in [5.41, 5.74) is 7.16. The number of hydrogen-bond donors (Lipinski definition) is 2. The van der Waals surface area contributed by atoms with E-state index in [0.717, 1.165) is 25.1 Å². The molecule has 1 aliphatic heterocycles. The van der Waals surface area contributed by atoms with E-state index in [4.69, 9.17) is 10.8 Å². The van der Waals surface area contributed by atoms with Crippen molar-refractivity contribution >= 4 is 5.96 Å². The lowest BCUT2D eigenvalue weighted by Crippen LogP contribution is -2.43. The molecule has 1 aromatic carbocycles. The Morgan fingerprint density at radius 2 is 2.35 bits per heavy atom. The van der Waals surface area contributed by atoms with Crippen molar-refractivity contribution in [3.8, 4) is 0 Å². The van der Waals surface area contributed by atoms with Crippen LogP contribution < -0.4 is 5.73 Å². The van der Waals surface area contributed by atoms with E-state index in [9.17, 15) is 4.39 Å². The fourth-order valence-corrected chi connectivity index (χ4v) is 2.52. The second-order valence-corrected chi connectivity index (χ2v) is 5.45. The van der Waals surface area contributed by atoms with Gasteiger partial charge in [0.1, 0.15) is 5.82 Å². The van der Waals surface area contributed by atoms with Gasteiger partial charge < -0.3 is 15.7 Å². The maximum atomic E-state index is 13.3. The van der Waals surface area contributed by atoms with Crippen molar-refractivity contribution < 1.29 is 9.50 Å². The van der Waals surface area contributed by atoms with Crippen LogP contribution in [-0.2, 0) is 13.2 Å². The van der Waals surface area contributed by atoms with E-state index in [-0.39, 0.29) is 6.61 Å². The smallest absolute Gasteiger partial charge is 0.191 e. The minimum Gasteiger partial charge on any atom is -0.392 e. The number of aliphatic hydroxyl groups is 1. The highest BCUT2D eigenvalue weighted by atomic mass is 19.1. The van der Waals surface area contributed by atoms with Crippen LogP contribution in [0.5, 0.6) is 0 Å². The number of likely N-dealkylation sites (tertiary alicyclic amines) is 1. The van der Waals surface area contributed by atoms with Crippen molar-refractivity contribution in [3.63, 3.8) is 0 Å². The van der Waals surface area contributed by atoms with E-state index in [0.29, 0.717) is 24.0 Å². The normalized spacial score (nSPS) is 20.2. The molecular weight excluding hydrogens is 257 g/mol. The number of guanidine groups is 1. The van der Waals surface area contributed by atoms with E-state index in [1.54, 1.807) is 12.1 Å². The molecule has 3 N–H and O–H groups in total. The second-order valence-electron chi connectivity index (χ2n) is 5.45. The summed E-state index contributed by atoms with van der Waals surface area (Å²) in [5, 5.41) is 9.04. The summed E-state index contributed by atoms with van der Waals surface area (Å²) < 4.78 is 13.3. The van der Waals surface area contributed by atoms with Gasteiger partial charge in [-0.05, 0) is 36.5 Å². The summed E-state index contributed by atoms with van der Waals surface area (Å²) in [6.07, 6.45) is 2.38. The minimum absolute atomic E-state index is 0.294. The maximum absolute atomic E-state index is 13.3. The number of piperidine rings is 1. The Labute approximate surface area is 119 Å². The SMILES string of the molecule is CC1CCCN(C(N)=NCc2ccc(F)c(CO)c2)C1. The highest BCUT2D eigenvalue weighted by molar-refractivity contribution is 5.78. The summed E-state index contributed by atoms with van der Waals surface area (Å²) in [6.45, 7) is 4.21. The minimum atomic E-state index is -0.391. The molecule has 1 heterocycles. The van der Waals surface area contributed by atoms with Crippen LogP contribution in [0.25, 0.3) is 0 Å². The fraction of sp³-hybridized carbons (Fsp3) is 0.533. The zero-order valence-corrected chi connectivity index (χ0v) is 11.8. The van der Waals surface area contributed by atoms with Crippen molar-refractivity contribution in [2.45, 2.75) is 32.9 Å². The van der Waals surface area contributed by atoms with Crippen LogP contribution >= 0.6 is 0 Å². The highest BCUT2D eigenvalue weighted by Gasteiger charge is 2.17. The molecule has 0 spiro atoms. The lowest BCUT2D eigenvalue weighted by molar-refractivity contribution is 0.270. The number of halogens is 1. The van der Waals surface area contributed by atoms with Crippen molar-refractivity contribution in [2.24, 2.45) is 16.6 Å². The number of benzene rings is 1. The summed E-state index contributed by atoms with van der Waals surface area (Å²) in [6, 6.07) is 4.66. The molecule has 1 unspecified atom stereocenters. The number of aliphatic imine (C=N–C) groups is 1. The Hall–Kier alpha value is -1.62. The Kier molecular flexibility index (Phi) is 4.95. The molecule has 110 valence electrons. The molecule has 5 heteroatoms. The standard InChI is InChI=1S/C15H22FN3O/c1-11-3-2-6-19(9-11)15(17)18-8-12-4-5-14(16)13(7-12)10-20/h4-5,7,11,20H,2-3,6,8-10H2,1H3,(H2,17,18). The highest BCUT2D eigenvalue weighted by Crippen LogP contribution is 2.15. The fourth-order valence-electron chi connectivity index (χ4n) is 2.52. The zero-order chi connectivity index (χ0) is 14.5. The topological polar surface area (TPSA) is 61.8 Å². The molecule has 0 amide bonds. The van der Waals surface area contributed by atoms with Gasteiger partial charge in [-0.1, -0.05) is 13.0 Å². The third kappa shape index (κ3) is 3.70. The molecular formula is C15H22FN3O. The van der Waals surface area contributed by atoms with Crippen LogP contribution in [0.15, 0.2) is 23.2 Å². The van der Waals surface area contributed by atoms with E-state index >= 15 is 0 Å². The second kappa shape index (κ2) is 6.70. The number of rotatable bonds is 3. The molecule has 0 radical (unpaired) electrons. The molecule has 0 saturated carbocycles. The molecule has 1 saturated heterocycles. The van der Waals surface area contributed by atoms with Crippen LogP contribution in [0.3, 0.4) is 0 Å². The zero-order valence-electron chi connectivity index (χ0n) is 11.8. The van der Waals surface area contributed by atoms with Gasteiger partial charge in [-0.25, -0.2) is 9.38 Å². The Bertz CT molecular complexity index is 490. The largest absolute Gasteiger partial charge is 0.392 e. The average molecular weight is 279 g/mol. The third-order valence-corrected chi connectivity index (χ3v) is 3.69. The predicted molar refractivity (Wildman–Crippen MR) is 77.6 cm³/mol. The summed E-state index contributed by atoms with van der Waals surface area (Å²) in [5.74, 6) is 0.800. The maximum Gasteiger partial charge on any atom is 0.191 e. The molecule has 0 aromatic heterocycles. The number of hydrogen-bond acceptors (Lipinski definition) is 2. The van der Waals surface area contributed by atoms with Crippen LogP contribution in [-0.4, -0.2) is 29.1 Å². The van der Waals surface area contributed by atoms with Crippen molar-refractivity contribution in [3.05, 3.63) is 35.1 Å². The predicted octanol–water partition coefficient (Wildman–Crippen LogP) is 1.86. The van der Waals surface area contributed by atoms with Crippen LogP contribution in [0.1, 0.15) is 30.9 Å². The van der Waals surface area contributed by atoms with E-state index in [1.165, 1.54) is 12.5 Å². The van der Waals surface area contributed by atoms with Gasteiger partial charge in [0.2, 0.25) is 0 Å². The lowest BCUT2D eigenvalue weighted by Gasteiger charge is -2.31. The summed E-state index contributed by atoms with van der Waals surface area (Å²) in [4.78, 5) is 6.48. The van der Waals surface area contributed by atoms with E-state index in [1.807, 2.05) is 0 Å². The van der Waals surface area contributed by atoms with Crippen molar-refractivity contribution in [1.82, 2.24) is 4.90 Å². The van der Waals surface area contributed by atoms with Crippen molar-refractivity contribution in [2.75, 3.05) is 13.1 Å². The number of aliphatic hydroxyl groups excluding tert-OH is 1. The molecule has 1 atom stereocenters. The molecule has 0 bridgehead atoms. The number of nitrogens with zero attached hydrogens (tertiary/aromatic N) is 2. The first-order valence-electron chi connectivity index (χ1n) is 7.03. The summed E-state index contributed by atoms with van der Waals surface area (Å²) >= 11 is 0. The third-order valence-electron chi connectivity index (χ3n) is 3.69. The molecule has 1 aliphatic rings. The first-order chi connectivity index (χ1) is 9.60. The van der Waals surface area contributed by atoms with Gasteiger partial charge in [-0.3, -0.25) is 0 Å². The van der Waals surface area contributed by atoms with E-state index in [2.05, 4.69) is 16.8 Å². The molecule has 4 nitrogen and oxygen atoms in total. The molecule has 2 rings (SSSR count). The van der Waals surface area contributed by atoms with Crippen LogP contribution in [0.4, 0.5) is 4.39 Å². The lowest BCUT2D eigenvalue weighted by atomic mass is 10.0. The van der Waals surface area contributed by atoms with Crippen molar-refractivity contribution in [1.29, 1.82) is 0 Å². The molecule has 0 aliphatic carbocycles. The van der Waals surface area contributed by atoms with Crippen LogP contribution in [0.2, 0.25) is 0 Å². The van der Waals surface area contributed by atoms with Gasteiger partial charge in [-0.2, -0.15) is 0 Å². The Morgan fingerprint density at radius 1 is 1.55 bits per heavy atom. The monoisotopic (exact) mass is 279 g/mol. The summed E-state index contributed by atoms with van der Waals surface area (Å²) in [7, 11) is 0.